The van der Waals surface area contributed by atoms with Gasteiger partial charge in [0.05, 0.1) is 23.4 Å². The number of anilines is 1. The van der Waals surface area contributed by atoms with Crippen molar-refractivity contribution in [3.63, 3.8) is 0 Å². The Morgan fingerprint density at radius 1 is 1.12 bits per heavy atom. The third-order valence-electron chi connectivity index (χ3n) is 6.35. The van der Waals surface area contributed by atoms with Crippen LogP contribution in [0, 0.1) is 0 Å². The first-order chi connectivity index (χ1) is 18.9. The van der Waals surface area contributed by atoms with Crippen LogP contribution in [-0.2, 0) is 11.3 Å². The van der Waals surface area contributed by atoms with Crippen molar-refractivity contribution in [3.8, 4) is 11.6 Å². The second-order valence-corrected chi connectivity index (χ2v) is 12.6. The fraction of sp³-hybridized carbons (Fsp3) is 0.414. The molecule has 1 amide bonds. The molecule has 214 valence electrons. The highest BCUT2D eigenvalue weighted by atomic mass is 35.5. The van der Waals surface area contributed by atoms with Crippen LogP contribution in [-0.4, -0.2) is 47.4 Å². The number of benzene rings is 2. The maximum atomic E-state index is 12.4. The van der Waals surface area contributed by atoms with Crippen LogP contribution in [0.4, 0.5) is 10.6 Å². The van der Waals surface area contributed by atoms with Crippen molar-refractivity contribution in [1.29, 1.82) is 0 Å². The van der Waals surface area contributed by atoms with E-state index in [0.717, 1.165) is 29.1 Å². The number of ether oxygens (including phenoxy) is 3. The molecular weight excluding hydrogens is 571 g/mol. The molecule has 0 saturated carbocycles. The van der Waals surface area contributed by atoms with E-state index in [2.05, 4.69) is 10.2 Å². The Bertz CT molecular complexity index is 1330. The molecule has 8 nitrogen and oxygen atoms in total. The number of piperidine rings is 1. The highest BCUT2D eigenvalue weighted by Crippen LogP contribution is 2.40. The fourth-order valence-corrected chi connectivity index (χ4v) is 5.44. The fourth-order valence-electron chi connectivity index (χ4n) is 4.11. The number of aromatic nitrogens is 2. The minimum absolute atomic E-state index is 0.302. The number of hydrogen-bond donors (Lipinski definition) is 1. The quantitative estimate of drug-likeness (QED) is 0.284. The normalized spacial score (nSPS) is 14.9. The molecular formula is C29H34Cl2N4O4S. The van der Waals surface area contributed by atoms with E-state index in [4.69, 9.17) is 47.4 Å². The van der Waals surface area contributed by atoms with Crippen molar-refractivity contribution in [2.24, 2.45) is 0 Å². The number of alkyl carbamates (subject to hydrolysis) is 1. The maximum Gasteiger partial charge on any atom is 0.408 e. The van der Waals surface area contributed by atoms with E-state index >= 15 is 0 Å². The van der Waals surface area contributed by atoms with E-state index in [0.29, 0.717) is 46.5 Å². The van der Waals surface area contributed by atoms with E-state index in [1.165, 1.54) is 11.8 Å². The molecule has 0 bridgehead atoms. The standard InChI is InChI=1S/C29H34Cl2N4O4S/c1-28(2,3)39-27(36)34-29(4)13-15-35(16-14-29)23-17-32-26(40-22-8-6-7-21(30)24(22)31)25(33-23)38-18-19-9-11-20(37-5)12-10-19/h6-12,17H,13-16,18H2,1-5H3,(H,34,36). The van der Waals surface area contributed by atoms with E-state index < -0.39 is 11.7 Å². The molecule has 1 fully saturated rings. The summed E-state index contributed by atoms with van der Waals surface area (Å²) in [6.45, 7) is 9.28. The van der Waals surface area contributed by atoms with Crippen molar-refractivity contribution in [3.05, 3.63) is 64.3 Å². The topological polar surface area (TPSA) is 85.8 Å². The van der Waals surface area contributed by atoms with Crippen molar-refractivity contribution in [2.45, 2.75) is 68.2 Å². The number of amides is 1. The van der Waals surface area contributed by atoms with Crippen LogP contribution in [0.25, 0.3) is 0 Å². The molecule has 1 aliphatic rings. The molecule has 1 aliphatic heterocycles. The molecule has 11 heteroatoms. The number of carbonyl (C=O) groups excluding carboxylic acids is 1. The van der Waals surface area contributed by atoms with Crippen LogP contribution in [0.5, 0.6) is 11.6 Å². The lowest BCUT2D eigenvalue weighted by Crippen LogP contribution is -2.54. The highest BCUT2D eigenvalue weighted by molar-refractivity contribution is 7.99. The van der Waals surface area contributed by atoms with E-state index in [1.807, 2.05) is 64.1 Å². The summed E-state index contributed by atoms with van der Waals surface area (Å²) in [5.41, 5.74) is 0.0410. The first kappa shape index (κ1) is 30.1. The number of nitrogens with zero attached hydrogens (tertiary/aromatic N) is 3. The number of rotatable bonds is 8. The summed E-state index contributed by atoms with van der Waals surface area (Å²) in [4.78, 5) is 24.8. The van der Waals surface area contributed by atoms with E-state index in [-0.39, 0.29) is 5.54 Å². The molecule has 1 aromatic heterocycles. The molecule has 0 spiro atoms. The third kappa shape index (κ3) is 8.08. The minimum atomic E-state index is -0.548. The van der Waals surface area contributed by atoms with Gasteiger partial charge in [0, 0.05) is 23.5 Å². The average molecular weight is 606 g/mol. The molecule has 0 aliphatic carbocycles. The molecule has 1 saturated heterocycles. The van der Waals surface area contributed by atoms with Crippen LogP contribution in [0.3, 0.4) is 0 Å². The Kier molecular flexibility index (Phi) is 9.59. The first-order valence-electron chi connectivity index (χ1n) is 13.0. The second-order valence-electron chi connectivity index (χ2n) is 10.8. The van der Waals surface area contributed by atoms with Crippen LogP contribution in [0.2, 0.25) is 10.0 Å². The molecule has 0 unspecified atom stereocenters. The number of nitrogens with one attached hydrogen (secondary N) is 1. The van der Waals surface area contributed by atoms with Gasteiger partial charge in [0.1, 0.15) is 18.0 Å². The lowest BCUT2D eigenvalue weighted by molar-refractivity contribution is 0.0448. The number of methoxy groups -OCH3 is 1. The molecule has 1 N–H and O–H groups in total. The average Bonchev–Trinajstić information content (AvgIpc) is 2.90. The smallest absolute Gasteiger partial charge is 0.408 e. The van der Waals surface area contributed by atoms with Gasteiger partial charge in [-0.05, 0) is 70.4 Å². The zero-order valence-electron chi connectivity index (χ0n) is 23.3. The van der Waals surface area contributed by atoms with E-state index in [9.17, 15) is 4.79 Å². The Hall–Kier alpha value is -2.88. The summed E-state index contributed by atoms with van der Waals surface area (Å²) in [7, 11) is 1.63. The summed E-state index contributed by atoms with van der Waals surface area (Å²) < 4.78 is 16.9. The maximum absolute atomic E-state index is 12.4. The Morgan fingerprint density at radius 2 is 1.82 bits per heavy atom. The Balaban J connectivity index is 1.51. The molecule has 40 heavy (non-hydrogen) atoms. The van der Waals surface area contributed by atoms with Crippen LogP contribution in [0.1, 0.15) is 46.1 Å². The zero-order chi connectivity index (χ0) is 28.9. The Labute approximate surface area is 249 Å². The van der Waals surface area contributed by atoms with Gasteiger partial charge in [-0.2, -0.15) is 4.98 Å². The lowest BCUT2D eigenvalue weighted by atomic mass is 9.90. The van der Waals surface area contributed by atoms with Crippen LogP contribution >= 0.6 is 35.0 Å². The van der Waals surface area contributed by atoms with Gasteiger partial charge in [-0.1, -0.05) is 53.2 Å². The number of carbonyl (C=O) groups is 1. The SMILES string of the molecule is COc1ccc(COc2nc(N3CCC(C)(NC(=O)OC(C)(C)C)CC3)cnc2Sc2cccc(Cl)c2Cl)cc1. The summed E-state index contributed by atoms with van der Waals surface area (Å²) in [6, 6.07) is 13.1. The van der Waals surface area contributed by atoms with Crippen molar-refractivity contribution in [2.75, 3.05) is 25.1 Å². The van der Waals surface area contributed by atoms with Crippen molar-refractivity contribution >= 4 is 46.9 Å². The van der Waals surface area contributed by atoms with Gasteiger partial charge in [0.25, 0.3) is 0 Å². The number of hydrogen-bond acceptors (Lipinski definition) is 8. The lowest BCUT2D eigenvalue weighted by Gasteiger charge is -2.40. The predicted molar refractivity (Wildman–Crippen MR) is 159 cm³/mol. The van der Waals surface area contributed by atoms with Gasteiger partial charge in [0.15, 0.2) is 10.8 Å². The van der Waals surface area contributed by atoms with Crippen LogP contribution < -0.4 is 19.7 Å². The van der Waals surface area contributed by atoms with Crippen LogP contribution in [0.15, 0.2) is 58.6 Å². The summed E-state index contributed by atoms with van der Waals surface area (Å²) in [5.74, 6) is 1.87. The molecule has 4 rings (SSSR count). The zero-order valence-corrected chi connectivity index (χ0v) is 25.6. The molecule has 0 radical (unpaired) electrons. The van der Waals surface area contributed by atoms with Gasteiger partial charge in [-0.3, -0.25) is 0 Å². The summed E-state index contributed by atoms with van der Waals surface area (Å²) in [6.07, 6.45) is 2.79. The molecule has 3 aromatic rings. The monoisotopic (exact) mass is 604 g/mol. The molecule has 2 aromatic carbocycles. The highest BCUT2D eigenvalue weighted by Gasteiger charge is 2.34. The van der Waals surface area contributed by atoms with Gasteiger partial charge in [-0.25, -0.2) is 9.78 Å². The van der Waals surface area contributed by atoms with Gasteiger partial charge >= 0.3 is 6.09 Å². The third-order valence-corrected chi connectivity index (χ3v) is 8.31. The van der Waals surface area contributed by atoms with Crippen molar-refractivity contribution < 1.29 is 19.0 Å². The second kappa shape index (κ2) is 12.7. The van der Waals surface area contributed by atoms with Gasteiger partial charge in [0.2, 0.25) is 5.88 Å². The minimum Gasteiger partial charge on any atom is -0.497 e. The molecule has 2 heterocycles. The first-order valence-corrected chi connectivity index (χ1v) is 14.5. The van der Waals surface area contributed by atoms with E-state index in [1.54, 1.807) is 19.4 Å². The summed E-state index contributed by atoms with van der Waals surface area (Å²) in [5, 5.41) is 4.54. The Morgan fingerprint density at radius 3 is 2.48 bits per heavy atom. The van der Waals surface area contributed by atoms with Gasteiger partial charge < -0.3 is 24.4 Å². The van der Waals surface area contributed by atoms with Gasteiger partial charge in [-0.15, -0.1) is 0 Å². The summed E-state index contributed by atoms with van der Waals surface area (Å²) >= 11 is 14.0. The predicted octanol–water partition coefficient (Wildman–Crippen LogP) is 7.41. The molecule has 0 atom stereocenters. The number of halogens is 2. The van der Waals surface area contributed by atoms with Crippen molar-refractivity contribution in [1.82, 2.24) is 15.3 Å². The largest absolute Gasteiger partial charge is 0.497 e.